The van der Waals surface area contributed by atoms with E-state index in [0.29, 0.717) is 26.2 Å². The molecule has 0 saturated carbocycles. The molecule has 0 radical (unpaired) electrons. The first-order chi connectivity index (χ1) is 13.5. The van der Waals surface area contributed by atoms with Gasteiger partial charge in [0.2, 0.25) is 17.2 Å². The van der Waals surface area contributed by atoms with E-state index in [1.54, 1.807) is 0 Å². The lowest BCUT2D eigenvalue weighted by Gasteiger charge is -2.22. The van der Waals surface area contributed by atoms with E-state index in [4.69, 9.17) is 18.9 Å². The lowest BCUT2D eigenvalue weighted by atomic mass is 10.1. The van der Waals surface area contributed by atoms with Crippen molar-refractivity contribution in [2.75, 3.05) is 26.4 Å². The van der Waals surface area contributed by atoms with Crippen LogP contribution in [-0.4, -0.2) is 42.6 Å². The molecule has 0 aliphatic carbocycles. The molecule has 0 amide bonds. The number of ether oxygens (including phenoxy) is 4. The van der Waals surface area contributed by atoms with E-state index < -0.39 is 11.7 Å². The Hall–Kier alpha value is -2.31. The molecule has 0 unspecified atom stereocenters. The van der Waals surface area contributed by atoms with E-state index in [-0.39, 0.29) is 35.2 Å². The zero-order valence-electron chi connectivity index (χ0n) is 17.5. The molecule has 160 valence electrons. The molecule has 0 aliphatic rings. The van der Waals surface area contributed by atoms with Crippen molar-refractivity contribution >= 4 is 5.97 Å². The Balaban J connectivity index is 3.55. The van der Waals surface area contributed by atoms with Crippen LogP contribution < -0.4 is 18.9 Å². The minimum absolute atomic E-state index is 0.00287. The Morgan fingerprint density at radius 1 is 0.679 bits per heavy atom. The van der Waals surface area contributed by atoms with Gasteiger partial charge < -0.3 is 29.2 Å². The summed E-state index contributed by atoms with van der Waals surface area (Å²) in [5.74, 6) is -1.47. The maximum atomic E-state index is 11.9. The third kappa shape index (κ3) is 6.39. The zero-order valence-corrected chi connectivity index (χ0v) is 17.5. The van der Waals surface area contributed by atoms with Crippen LogP contribution in [0.25, 0.3) is 0 Å². The van der Waals surface area contributed by atoms with Gasteiger partial charge in [-0.2, -0.15) is 0 Å². The minimum Gasteiger partial charge on any atom is -0.503 e. The number of aromatic carboxylic acids is 1. The van der Waals surface area contributed by atoms with Crippen LogP contribution in [0.4, 0.5) is 0 Å². The van der Waals surface area contributed by atoms with Gasteiger partial charge in [-0.3, -0.25) is 0 Å². The minimum atomic E-state index is -1.31. The second-order valence-corrected chi connectivity index (χ2v) is 6.45. The summed E-state index contributed by atoms with van der Waals surface area (Å²) in [5, 5.41) is 20.4. The number of aromatic hydroxyl groups is 1. The van der Waals surface area contributed by atoms with Crippen molar-refractivity contribution in [2.24, 2.45) is 0 Å². The molecule has 1 aromatic rings. The molecule has 0 heterocycles. The quantitative estimate of drug-likeness (QED) is 0.400. The van der Waals surface area contributed by atoms with Gasteiger partial charge in [0.05, 0.1) is 26.4 Å². The van der Waals surface area contributed by atoms with E-state index >= 15 is 0 Å². The van der Waals surface area contributed by atoms with Gasteiger partial charge in [0.1, 0.15) is 0 Å². The summed E-state index contributed by atoms with van der Waals surface area (Å²) >= 11 is 0. The lowest BCUT2D eigenvalue weighted by Crippen LogP contribution is -2.12. The Morgan fingerprint density at radius 3 is 1.61 bits per heavy atom. The van der Waals surface area contributed by atoms with Crippen LogP contribution in [0.15, 0.2) is 0 Å². The molecule has 2 N–H and O–H groups in total. The van der Waals surface area contributed by atoms with Crippen LogP contribution in [-0.2, 0) is 0 Å². The lowest BCUT2D eigenvalue weighted by molar-refractivity contribution is 0.0685. The monoisotopic (exact) mass is 398 g/mol. The number of unbranched alkanes of at least 4 members (excludes halogenated alkanes) is 2. The highest BCUT2D eigenvalue weighted by molar-refractivity contribution is 5.97. The molecule has 1 rings (SSSR count). The summed E-state index contributed by atoms with van der Waals surface area (Å²) in [6.45, 7) is 9.22. The molecule has 0 bridgehead atoms. The first-order valence-corrected chi connectivity index (χ1v) is 10.2. The van der Waals surface area contributed by atoms with Gasteiger partial charge in [0.15, 0.2) is 17.1 Å². The predicted molar refractivity (Wildman–Crippen MR) is 107 cm³/mol. The van der Waals surface area contributed by atoms with Crippen molar-refractivity contribution in [3.05, 3.63) is 5.56 Å². The SMILES string of the molecule is CCCCCOc1c(O)c(C(=O)O)c(OCCC)c(OCCC)c1OCCC. The number of carboxylic acids is 1. The summed E-state index contributed by atoms with van der Waals surface area (Å²) in [4.78, 5) is 11.9. The highest BCUT2D eigenvalue weighted by atomic mass is 16.6. The van der Waals surface area contributed by atoms with E-state index in [2.05, 4.69) is 6.92 Å². The van der Waals surface area contributed by atoms with E-state index in [9.17, 15) is 15.0 Å². The second kappa shape index (κ2) is 13.0. The first-order valence-electron chi connectivity index (χ1n) is 10.2. The van der Waals surface area contributed by atoms with Gasteiger partial charge in [0.25, 0.3) is 0 Å². The molecule has 0 aromatic heterocycles. The van der Waals surface area contributed by atoms with Crippen molar-refractivity contribution < 1.29 is 34.0 Å². The predicted octanol–water partition coefficient (Wildman–Crippen LogP) is 5.03. The zero-order chi connectivity index (χ0) is 20.9. The number of hydrogen-bond donors (Lipinski definition) is 2. The van der Waals surface area contributed by atoms with Gasteiger partial charge in [0, 0.05) is 0 Å². The van der Waals surface area contributed by atoms with Crippen molar-refractivity contribution in [3.8, 4) is 28.7 Å². The Labute approximate surface area is 167 Å². The van der Waals surface area contributed by atoms with E-state index in [0.717, 1.165) is 32.1 Å². The maximum Gasteiger partial charge on any atom is 0.343 e. The summed E-state index contributed by atoms with van der Waals surface area (Å²) in [7, 11) is 0. The smallest absolute Gasteiger partial charge is 0.343 e. The molecule has 7 heteroatoms. The molecule has 0 spiro atoms. The number of benzene rings is 1. The van der Waals surface area contributed by atoms with Gasteiger partial charge in [-0.15, -0.1) is 0 Å². The van der Waals surface area contributed by atoms with Gasteiger partial charge in [-0.05, 0) is 25.7 Å². The molecule has 0 atom stereocenters. The van der Waals surface area contributed by atoms with Gasteiger partial charge in [-0.1, -0.05) is 40.5 Å². The van der Waals surface area contributed by atoms with Gasteiger partial charge in [-0.25, -0.2) is 4.79 Å². The maximum absolute atomic E-state index is 11.9. The van der Waals surface area contributed by atoms with Crippen LogP contribution in [0.5, 0.6) is 28.7 Å². The van der Waals surface area contributed by atoms with Crippen molar-refractivity contribution in [2.45, 2.75) is 66.2 Å². The topological polar surface area (TPSA) is 94.5 Å². The fourth-order valence-electron chi connectivity index (χ4n) is 2.52. The van der Waals surface area contributed by atoms with Crippen LogP contribution in [0, 0.1) is 0 Å². The van der Waals surface area contributed by atoms with Crippen LogP contribution in [0.1, 0.15) is 76.6 Å². The van der Waals surface area contributed by atoms with Gasteiger partial charge >= 0.3 is 5.97 Å². The average Bonchev–Trinajstić information content (AvgIpc) is 2.67. The number of rotatable bonds is 15. The highest BCUT2D eigenvalue weighted by Gasteiger charge is 2.32. The molecule has 28 heavy (non-hydrogen) atoms. The Kier molecular flexibility index (Phi) is 11.0. The van der Waals surface area contributed by atoms with Crippen LogP contribution in [0.3, 0.4) is 0 Å². The van der Waals surface area contributed by atoms with Crippen molar-refractivity contribution in [1.29, 1.82) is 0 Å². The summed E-state index contributed by atoms with van der Waals surface area (Å²) in [6.07, 6.45) is 4.89. The van der Waals surface area contributed by atoms with Crippen LogP contribution in [0.2, 0.25) is 0 Å². The van der Waals surface area contributed by atoms with E-state index in [1.165, 1.54) is 0 Å². The molecule has 0 saturated heterocycles. The largest absolute Gasteiger partial charge is 0.503 e. The third-order valence-electron chi connectivity index (χ3n) is 3.86. The highest BCUT2D eigenvalue weighted by Crippen LogP contribution is 2.53. The molecule has 1 aromatic carbocycles. The summed E-state index contributed by atoms with van der Waals surface area (Å²) in [6, 6.07) is 0. The summed E-state index contributed by atoms with van der Waals surface area (Å²) < 4.78 is 23.1. The summed E-state index contributed by atoms with van der Waals surface area (Å²) in [5.41, 5.74) is -0.367. The standard InChI is InChI=1S/C21H34O7/c1-5-9-10-14-28-18-16(22)15(21(23)24)17(25-11-6-2)19(26-12-7-3)20(18)27-13-8-4/h22H,5-14H2,1-4H3,(H,23,24). The second-order valence-electron chi connectivity index (χ2n) is 6.45. The average molecular weight is 398 g/mol. The van der Waals surface area contributed by atoms with Crippen molar-refractivity contribution in [1.82, 2.24) is 0 Å². The fourth-order valence-corrected chi connectivity index (χ4v) is 2.52. The van der Waals surface area contributed by atoms with Crippen LogP contribution >= 0.6 is 0 Å². The normalized spacial score (nSPS) is 10.6. The Morgan fingerprint density at radius 2 is 1.14 bits per heavy atom. The number of phenols is 1. The first kappa shape index (κ1) is 23.7. The molecular formula is C21H34O7. The molecule has 7 nitrogen and oxygen atoms in total. The number of carbonyl (C=O) groups is 1. The third-order valence-corrected chi connectivity index (χ3v) is 3.86. The number of hydrogen-bond acceptors (Lipinski definition) is 6. The Bertz CT molecular complexity index is 614. The number of carboxylic acid groups (broad SMARTS) is 1. The van der Waals surface area contributed by atoms with Crippen molar-refractivity contribution in [3.63, 3.8) is 0 Å². The van der Waals surface area contributed by atoms with E-state index in [1.807, 2.05) is 20.8 Å². The molecular weight excluding hydrogens is 364 g/mol. The fraction of sp³-hybridized carbons (Fsp3) is 0.667. The molecule has 0 aliphatic heterocycles. The molecule has 0 fully saturated rings.